The molecule has 1 fully saturated rings. The second-order valence-electron chi connectivity index (χ2n) is 5.11. The quantitative estimate of drug-likeness (QED) is 0.824. The number of nitrogens with zero attached hydrogens (tertiary/aromatic N) is 2. The number of hydrogen-bond donors (Lipinski definition) is 1. The summed E-state index contributed by atoms with van der Waals surface area (Å²) >= 11 is 0. The largest absolute Gasteiger partial charge is 0.496 e. The zero-order valence-corrected chi connectivity index (χ0v) is 12.5. The molecule has 0 spiro atoms. The molecule has 6 heteroatoms. The average Bonchev–Trinajstić information content (AvgIpc) is 2.72. The first-order valence-corrected chi connectivity index (χ1v) is 7.01. The molecular formula is C15H21N3O3. The molecule has 2 rings (SSSR count). The van der Waals surface area contributed by atoms with Crippen LogP contribution in [0.2, 0.25) is 0 Å². The summed E-state index contributed by atoms with van der Waals surface area (Å²) in [6, 6.07) is 5.02. The van der Waals surface area contributed by atoms with Crippen LogP contribution in [0.4, 0.5) is 5.69 Å². The Labute approximate surface area is 124 Å². The highest BCUT2D eigenvalue weighted by molar-refractivity contribution is 5.97. The molecule has 6 nitrogen and oxygen atoms in total. The molecule has 1 heterocycles. The Bertz CT molecular complexity index is 545. The number of nitrogens with two attached hydrogens (primary N) is 1. The molecular weight excluding hydrogens is 270 g/mol. The van der Waals surface area contributed by atoms with Crippen LogP contribution in [0.5, 0.6) is 5.75 Å². The average molecular weight is 291 g/mol. The predicted octanol–water partition coefficient (Wildman–Crippen LogP) is 0.972. The minimum absolute atomic E-state index is 0.0503. The van der Waals surface area contributed by atoms with E-state index in [1.54, 1.807) is 34.9 Å². The van der Waals surface area contributed by atoms with E-state index in [0.29, 0.717) is 43.2 Å². The zero-order valence-electron chi connectivity index (χ0n) is 12.5. The Morgan fingerprint density at radius 3 is 2.48 bits per heavy atom. The highest BCUT2D eigenvalue weighted by atomic mass is 16.5. The third-order valence-corrected chi connectivity index (χ3v) is 3.68. The van der Waals surface area contributed by atoms with Gasteiger partial charge in [-0.2, -0.15) is 0 Å². The summed E-state index contributed by atoms with van der Waals surface area (Å²) in [5.74, 6) is 0.444. The minimum Gasteiger partial charge on any atom is -0.496 e. The van der Waals surface area contributed by atoms with Gasteiger partial charge in [0.1, 0.15) is 5.75 Å². The summed E-state index contributed by atoms with van der Waals surface area (Å²) in [6.07, 6.45) is 0.780. The maximum Gasteiger partial charge on any atom is 0.257 e. The van der Waals surface area contributed by atoms with Gasteiger partial charge in [-0.1, -0.05) is 0 Å². The van der Waals surface area contributed by atoms with Gasteiger partial charge in [0.2, 0.25) is 5.91 Å². The molecule has 0 saturated carbocycles. The first-order valence-electron chi connectivity index (χ1n) is 7.01. The van der Waals surface area contributed by atoms with Crippen molar-refractivity contribution in [2.24, 2.45) is 0 Å². The van der Waals surface area contributed by atoms with Gasteiger partial charge in [0, 0.05) is 44.9 Å². The topological polar surface area (TPSA) is 75.9 Å². The van der Waals surface area contributed by atoms with Crippen LogP contribution < -0.4 is 10.5 Å². The van der Waals surface area contributed by atoms with E-state index in [9.17, 15) is 9.59 Å². The molecule has 2 amide bonds. The van der Waals surface area contributed by atoms with Crippen LogP contribution in [0.1, 0.15) is 23.7 Å². The van der Waals surface area contributed by atoms with E-state index in [4.69, 9.17) is 10.5 Å². The van der Waals surface area contributed by atoms with E-state index in [0.717, 1.165) is 6.42 Å². The second kappa shape index (κ2) is 6.47. The number of hydrogen-bond acceptors (Lipinski definition) is 4. The van der Waals surface area contributed by atoms with E-state index in [1.807, 2.05) is 0 Å². The lowest BCUT2D eigenvalue weighted by molar-refractivity contribution is -0.128. The van der Waals surface area contributed by atoms with Crippen molar-refractivity contribution in [3.63, 3.8) is 0 Å². The number of nitrogen functional groups attached to an aromatic ring is 1. The molecule has 1 saturated heterocycles. The highest BCUT2D eigenvalue weighted by Crippen LogP contribution is 2.23. The van der Waals surface area contributed by atoms with Crippen LogP contribution in [0.25, 0.3) is 0 Å². The van der Waals surface area contributed by atoms with E-state index in [2.05, 4.69) is 0 Å². The third kappa shape index (κ3) is 3.45. The first kappa shape index (κ1) is 15.2. The zero-order chi connectivity index (χ0) is 15.4. The Hall–Kier alpha value is -2.24. The smallest absolute Gasteiger partial charge is 0.257 e. The summed E-state index contributed by atoms with van der Waals surface area (Å²) in [5, 5.41) is 0. The molecule has 1 aliphatic heterocycles. The van der Waals surface area contributed by atoms with Crippen LogP contribution in [0, 0.1) is 0 Å². The summed E-state index contributed by atoms with van der Waals surface area (Å²) in [6.45, 7) is 3.99. The summed E-state index contributed by atoms with van der Waals surface area (Å²) in [7, 11) is 1.52. The molecule has 0 radical (unpaired) electrons. The van der Waals surface area contributed by atoms with Gasteiger partial charge in [0.15, 0.2) is 0 Å². The molecule has 114 valence electrons. The van der Waals surface area contributed by atoms with Gasteiger partial charge >= 0.3 is 0 Å². The molecule has 1 aromatic carbocycles. The van der Waals surface area contributed by atoms with Crippen molar-refractivity contribution >= 4 is 17.5 Å². The molecule has 0 bridgehead atoms. The standard InChI is InChI=1S/C15H21N3O3/c1-11(19)17-6-3-7-18(9-8-17)15(20)13-5-4-12(16)10-14(13)21-2/h4-5,10H,3,6-9,16H2,1-2H3. The predicted molar refractivity (Wildman–Crippen MR) is 80.2 cm³/mol. The van der Waals surface area contributed by atoms with Crippen molar-refractivity contribution in [3.8, 4) is 5.75 Å². The summed E-state index contributed by atoms with van der Waals surface area (Å²) in [4.78, 5) is 27.6. The minimum atomic E-state index is -0.0859. The molecule has 2 N–H and O–H groups in total. The molecule has 0 aromatic heterocycles. The van der Waals surface area contributed by atoms with Gasteiger partial charge in [-0.15, -0.1) is 0 Å². The molecule has 1 aromatic rings. The summed E-state index contributed by atoms with van der Waals surface area (Å²) < 4.78 is 5.24. The van der Waals surface area contributed by atoms with Gasteiger partial charge in [-0.05, 0) is 18.6 Å². The Kier molecular flexibility index (Phi) is 4.67. The highest BCUT2D eigenvalue weighted by Gasteiger charge is 2.23. The number of benzene rings is 1. The van der Waals surface area contributed by atoms with E-state index in [-0.39, 0.29) is 11.8 Å². The molecule has 0 unspecified atom stereocenters. The number of ether oxygens (including phenoxy) is 1. The molecule has 0 atom stereocenters. The normalized spacial score (nSPS) is 15.5. The maximum absolute atomic E-state index is 12.6. The fourth-order valence-electron chi connectivity index (χ4n) is 2.49. The molecule has 21 heavy (non-hydrogen) atoms. The number of carbonyl (C=O) groups excluding carboxylic acids is 2. The number of amides is 2. The lowest BCUT2D eigenvalue weighted by Crippen LogP contribution is -2.36. The lowest BCUT2D eigenvalue weighted by Gasteiger charge is -2.22. The summed E-state index contributed by atoms with van der Waals surface area (Å²) in [5.41, 5.74) is 6.77. The second-order valence-corrected chi connectivity index (χ2v) is 5.11. The van der Waals surface area contributed by atoms with Gasteiger partial charge in [-0.3, -0.25) is 9.59 Å². The van der Waals surface area contributed by atoms with Crippen molar-refractivity contribution in [2.45, 2.75) is 13.3 Å². The van der Waals surface area contributed by atoms with Crippen molar-refractivity contribution < 1.29 is 14.3 Å². The fourth-order valence-corrected chi connectivity index (χ4v) is 2.49. The number of carbonyl (C=O) groups is 2. The van der Waals surface area contributed by atoms with Crippen LogP contribution in [0.3, 0.4) is 0 Å². The van der Waals surface area contributed by atoms with Crippen molar-refractivity contribution in [1.29, 1.82) is 0 Å². The Morgan fingerprint density at radius 2 is 1.81 bits per heavy atom. The monoisotopic (exact) mass is 291 g/mol. The fraction of sp³-hybridized carbons (Fsp3) is 0.467. The molecule has 0 aliphatic carbocycles. The van der Waals surface area contributed by atoms with E-state index < -0.39 is 0 Å². The van der Waals surface area contributed by atoms with Gasteiger partial charge < -0.3 is 20.3 Å². The van der Waals surface area contributed by atoms with Crippen molar-refractivity contribution in [3.05, 3.63) is 23.8 Å². The Balaban J connectivity index is 2.15. The number of anilines is 1. The van der Waals surface area contributed by atoms with Crippen molar-refractivity contribution in [2.75, 3.05) is 39.0 Å². The van der Waals surface area contributed by atoms with Crippen LogP contribution in [0.15, 0.2) is 18.2 Å². The van der Waals surface area contributed by atoms with Gasteiger partial charge in [0.05, 0.1) is 12.7 Å². The first-order chi connectivity index (χ1) is 10.0. The third-order valence-electron chi connectivity index (χ3n) is 3.68. The number of methoxy groups -OCH3 is 1. The number of rotatable bonds is 2. The van der Waals surface area contributed by atoms with Gasteiger partial charge in [0.25, 0.3) is 5.91 Å². The SMILES string of the molecule is COc1cc(N)ccc1C(=O)N1CCCN(C(C)=O)CC1. The van der Waals surface area contributed by atoms with Crippen LogP contribution in [-0.4, -0.2) is 54.9 Å². The maximum atomic E-state index is 12.6. The molecule has 1 aliphatic rings. The van der Waals surface area contributed by atoms with E-state index >= 15 is 0 Å². The Morgan fingerprint density at radius 1 is 1.14 bits per heavy atom. The lowest BCUT2D eigenvalue weighted by atomic mass is 10.1. The van der Waals surface area contributed by atoms with Crippen LogP contribution >= 0.6 is 0 Å². The van der Waals surface area contributed by atoms with Crippen molar-refractivity contribution in [1.82, 2.24) is 9.80 Å². The van der Waals surface area contributed by atoms with Crippen LogP contribution in [-0.2, 0) is 4.79 Å². The van der Waals surface area contributed by atoms with Gasteiger partial charge in [-0.25, -0.2) is 0 Å². The van der Waals surface area contributed by atoms with E-state index in [1.165, 1.54) is 7.11 Å².